The van der Waals surface area contributed by atoms with Crippen molar-refractivity contribution < 1.29 is 12.8 Å². The molecule has 0 bridgehead atoms. The van der Waals surface area contributed by atoms with E-state index < -0.39 is 10.0 Å². The zero-order valence-electron chi connectivity index (χ0n) is 9.93. The quantitative estimate of drug-likeness (QED) is 0.812. The normalized spacial score (nSPS) is 26.3. The third-order valence-corrected chi connectivity index (χ3v) is 4.65. The average Bonchev–Trinajstić information content (AvgIpc) is 2.61. The van der Waals surface area contributed by atoms with Gasteiger partial charge in [0.2, 0.25) is 10.0 Å². The molecule has 1 aliphatic rings. The van der Waals surface area contributed by atoms with Gasteiger partial charge in [-0.3, -0.25) is 0 Å². The molecule has 0 aliphatic carbocycles. The molecule has 2 rings (SSSR count). The van der Waals surface area contributed by atoms with Crippen LogP contribution in [0.1, 0.15) is 24.8 Å². The van der Waals surface area contributed by atoms with Crippen LogP contribution >= 0.6 is 0 Å². The highest BCUT2D eigenvalue weighted by Crippen LogP contribution is 2.32. The Kier molecular flexibility index (Phi) is 3.23. The van der Waals surface area contributed by atoms with Crippen LogP contribution < -0.4 is 0 Å². The van der Waals surface area contributed by atoms with E-state index in [0.29, 0.717) is 6.54 Å². The fourth-order valence-corrected chi connectivity index (χ4v) is 3.63. The lowest BCUT2D eigenvalue weighted by atomic mass is 9.97. The van der Waals surface area contributed by atoms with Crippen molar-refractivity contribution in [2.75, 3.05) is 12.8 Å². The summed E-state index contributed by atoms with van der Waals surface area (Å²) in [7, 11) is -3.14. The van der Waals surface area contributed by atoms with Gasteiger partial charge in [-0.15, -0.1) is 0 Å². The lowest BCUT2D eigenvalue weighted by molar-refractivity contribution is 0.411. The Balaban J connectivity index is 2.19. The third-order valence-electron chi connectivity index (χ3n) is 3.28. The molecule has 3 nitrogen and oxygen atoms in total. The summed E-state index contributed by atoms with van der Waals surface area (Å²) in [5.74, 6) is -0.0971. The predicted octanol–water partition coefficient (Wildman–Crippen LogP) is 1.96. The van der Waals surface area contributed by atoms with Crippen LogP contribution in [-0.4, -0.2) is 31.6 Å². The number of nitrogens with zero attached hydrogens (tertiary/aromatic N) is 1. The number of halogens is 1. The summed E-state index contributed by atoms with van der Waals surface area (Å²) in [6.07, 6.45) is 2.02. The van der Waals surface area contributed by atoms with Gasteiger partial charge in [-0.2, -0.15) is 4.31 Å². The summed E-state index contributed by atoms with van der Waals surface area (Å²) >= 11 is 0. The maximum absolute atomic E-state index is 12.8. The first kappa shape index (κ1) is 12.5. The molecule has 0 aromatic heterocycles. The zero-order chi connectivity index (χ0) is 12.6. The fourth-order valence-electron chi connectivity index (χ4n) is 2.44. The molecule has 1 saturated heterocycles. The maximum Gasteiger partial charge on any atom is 0.211 e. The first-order valence-electron chi connectivity index (χ1n) is 5.60. The van der Waals surface area contributed by atoms with E-state index in [1.54, 1.807) is 12.1 Å². The minimum atomic E-state index is -3.14. The molecular formula is C12H16FNO2S. The van der Waals surface area contributed by atoms with Gasteiger partial charge in [0, 0.05) is 12.6 Å². The highest BCUT2D eigenvalue weighted by atomic mass is 32.2. The SMILES string of the molecule is CC1CC(c2ccc(F)cc2)CN1S(C)(=O)=O. The molecule has 0 saturated carbocycles. The van der Waals surface area contributed by atoms with Crippen molar-refractivity contribution in [2.45, 2.75) is 25.3 Å². The second-order valence-electron chi connectivity index (χ2n) is 4.67. The van der Waals surface area contributed by atoms with Gasteiger partial charge in [0.05, 0.1) is 6.26 Å². The van der Waals surface area contributed by atoms with E-state index in [2.05, 4.69) is 0 Å². The van der Waals surface area contributed by atoms with E-state index in [1.807, 2.05) is 6.92 Å². The van der Waals surface area contributed by atoms with E-state index in [1.165, 1.54) is 22.7 Å². The molecule has 1 aliphatic heterocycles. The molecule has 1 aromatic carbocycles. The monoisotopic (exact) mass is 257 g/mol. The molecule has 0 amide bonds. The number of hydrogen-bond donors (Lipinski definition) is 0. The highest BCUT2D eigenvalue weighted by Gasteiger charge is 2.35. The van der Waals surface area contributed by atoms with Crippen LogP contribution in [0.5, 0.6) is 0 Å². The lowest BCUT2D eigenvalue weighted by Gasteiger charge is -2.17. The number of hydrogen-bond acceptors (Lipinski definition) is 2. The van der Waals surface area contributed by atoms with Crippen molar-refractivity contribution in [3.8, 4) is 0 Å². The highest BCUT2D eigenvalue weighted by molar-refractivity contribution is 7.88. The van der Waals surface area contributed by atoms with Crippen molar-refractivity contribution in [3.63, 3.8) is 0 Å². The topological polar surface area (TPSA) is 37.4 Å². The second kappa shape index (κ2) is 4.38. The van der Waals surface area contributed by atoms with Gasteiger partial charge in [-0.25, -0.2) is 12.8 Å². The van der Waals surface area contributed by atoms with Gasteiger partial charge in [-0.05, 0) is 37.0 Å². The van der Waals surface area contributed by atoms with Gasteiger partial charge in [0.25, 0.3) is 0 Å². The third kappa shape index (κ3) is 2.66. The number of benzene rings is 1. The number of sulfonamides is 1. The molecular weight excluding hydrogens is 241 g/mol. The predicted molar refractivity (Wildman–Crippen MR) is 64.8 cm³/mol. The molecule has 94 valence electrons. The van der Waals surface area contributed by atoms with E-state index in [9.17, 15) is 12.8 Å². The lowest BCUT2D eigenvalue weighted by Crippen LogP contribution is -2.32. The largest absolute Gasteiger partial charge is 0.212 e. The molecule has 2 atom stereocenters. The van der Waals surface area contributed by atoms with Crippen molar-refractivity contribution in [1.29, 1.82) is 0 Å². The summed E-state index contributed by atoms with van der Waals surface area (Å²) in [4.78, 5) is 0. The first-order chi connectivity index (χ1) is 7.88. The van der Waals surface area contributed by atoms with Crippen molar-refractivity contribution in [2.24, 2.45) is 0 Å². The van der Waals surface area contributed by atoms with Gasteiger partial charge in [-0.1, -0.05) is 12.1 Å². The zero-order valence-corrected chi connectivity index (χ0v) is 10.7. The summed E-state index contributed by atoms with van der Waals surface area (Å²) in [5.41, 5.74) is 1.00. The van der Waals surface area contributed by atoms with E-state index in [4.69, 9.17) is 0 Å². The Morgan fingerprint density at radius 1 is 1.29 bits per heavy atom. The Bertz CT molecular complexity index is 498. The average molecular weight is 257 g/mol. The van der Waals surface area contributed by atoms with Crippen LogP contribution in [0, 0.1) is 5.82 Å². The molecule has 0 radical (unpaired) electrons. The fraction of sp³-hybridized carbons (Fsp3) is 0.500. The maximum atomic E-state index is 12.8. The Morgan fingerprint density at radius 2 is 1.88 bits per heavy atom. The van der Waals surface area contributed by atoms with E-state index in [0.717, 1.165) is 12.0 Å². The molecule has 2 unspecified atom stereocenters. The summed E-state index contributed by atoms with van der Waals surface area (Å²) in [6.45, 7) is 2.40. The summed E-state index contributed by atoms with van der Waals surface area (Å²) in [5, 5.41) is 0. The summed E-state index contributed by atoms with van der Waals surface area (Å²) in [6, 6.07) is 6.32. The van der Waals surface area contributed by atoms with Crippen molar-refractivity contribution in [3.05, 3.63) is 35.6 Å². The number of rotatable bonds is 2. The first-order valence-corrected chi connectivity index (χ1v) is 7.45. The van der Waals surface area contributed by atoms with Gasteiger partial charge >= 0.3 is 0 Å². The Labute approximate surface area is 101 Å². The Morgan fingerprint density at radius 3 is 2.35 bits per heavy atom. The smallest absolute Gasteiger partial charge is 0.211 e. The molecule has 0 spiro atoms. The molecule has 1 aromatic rings. The van der Waals surface area contributed by atoms with Crippen LogP contribution in [0.15, 0.2) is 24.3 Å². The van der Waals surface area contributed by atoms with E-state index >= 15 is 0 Å². The van der Waals surface area contributed by atoms with Gasteiger partial charge < -0.3 is 0 Å². The molecule has 0 N–H and O–H groups in total. The van der Waals surface area contributed by atoms with E-state index in [-0.39, 0.29) is 17.8 Å². The van der Waals surface area contributed by atoms with Gasteiger partial charge in [0.1, 0.15) is 5.82 Å². The van der Waals surface area contributed by atoms with Crippen LogP contribution in [0.2, 0.25) is 0 Å². The Hall–Kier alpha value is -0.940. The van der Waals surface area contributed by atoms with Crippen molar-refractivity contribution in [1.82, 2.24) is 4.31 Å². The van der Waals surface area contributed by atoms with Crippen molar-refractivity contribution >= 4 is 10.0 Å². The molecule has 5 heteroatoms. The second-order valence-corrected chi connectivity index (χ2v) is 6.60. The van der Waals surface area contributed by atoms with Crippen LogP contribution in [0.25, 0.3) is 0 Å². The van der Waals surface area contributed by atoms with Crippen LogP contribution in [0.4, 0.5) is 4.39 Å². The van der Waals surface area contributed by atoms with Gasteiger partial charge in [0.15, 0.2) is 0 Å². The molecule has 17 heavy (non-hydrogen) atoms. The molecule has 1 heterocycles. The minimum Gasteiger partial charge on any atom is -0.212 e. The standard InChI is InChI=1S/C12H16FNO2S/c1-9-7-11(8-14(9)17(2,15)16)10-3-5-12(13)6-4-10/h3-6,9,11H,7-8H2,1-2H3. The van der Waals surface area contributed by atoms with Crippen LogP contribution in [0.3, 0.4) is 0 Å². The van der Waals surface area contributed by atoms with Crippen LogP contribution in [-0.2, 0) is 10.0 Å². The minimum absolute atomic E-state index is 0.0139. The summed E-state index contributed by atoms with van der Waals surface area (Å²) < 4.78 is 37.4. The molecule has 1 fully saturated rings.